The average Bonchev–Trinajstić information content (AvgIpc) is 2.96. The predicted octanol–water partition coefficient (Wildman–Crippen LogP) is 2.53. The van der Waals surface area contributed by atoms with Crippen molar-refractivity contribution in [3.8, 4) is 5.88 Å². The van der Waals surface area contributed by atoms with Crippen molar-refractivity contribution in [2.75, 3.05) is 13.7 Å². The molecule has 2 aromatic rings. The van der Waals surface area contributed by atoms with Crippen LogP contribution in [0.25, 0.3) is 0 Å². The molecule has 0 aliphatic carbocycles. The van der Waals surface area contributed by atoms with E-state index in [9.17, 15) is 0 Å². The standard InChI is InChI=1S/C16H20N4O/c1-12-5-3-6-14(17-12)15-7-4-10-20(15)11-13-8-9-16(21-2)19-18-13/h3,5-6,8-9,15H,4,7,10-11H2,1-2H3. The molecule has 5 nitrogen and oxygen atoms in total. The van der Waals surface area contributed by atoms with Crippen LogP contribution in [0.4, 0.5) is 0 Å². The van der Waals surface area contributed by atoms with E-state index < -0.39 is 0 Å². The summed E-state index contributed by atoms with van der Waals surface area (Å²) in [6.07, 6.45) is 2.35. The third-order valence-electron chi connectivity index (χ3n) is 3.88. The zero-order valence-electron chi connectivity index (χ0n) is 12.5. The molecule has 1 aliphatic rings. The summed E-state index contributed by atoms with van der Waals surface area (Å²) in [4.78, 5) is 7.11. The Balaban J connectivity index is 1.74. The highest BCUT2D eigenvalue weighted by Crippen LogP contribution is 2.31. The number of aryl methyl sites for hydroxylation is 1. The minimum atomic E-state index is 0.383. The molecule has 110 valence electrons. The van der Waals surface area contributed by atoms with Gasteiger partial charge in [0.1, 0.15) is 0 Å². The maximum absolute atomic E-state index is 5.05. The number of aromatic nitrogens is 3. The third-order valence-corrected chi connectivity index (χ3v) is 3.88. The molecule has 1 atom stereocenters. The highest BCUT2D eigenvalue weighted by Gasteiger charge is 2.27. The van der Waals surface area contributed by atoms with Crippen molar-refractivity contribution in [2.24, 2.45) is 0 Å². The van der Waals surface area contributed by atoms with Gasteiger partial charge in [-0.05, 0) is 44.5 Å². The normalized spacial score (nSPS) is 18.9. The Bertz CT molecular complexity index is 599. The Morgan fingerprint density at radius 3 is 2.86 bits per heavy atom. The smallest absolute Gasteiger partial charge is 0.233 e. The zero-order chi connectivity index (χ0) is 14.7. The van der Waals surface area contributed by atoms with Gasteiger partial charge in [0, 0.05) is 18.3 Å². The number of ether oxygens (including phenoxy) is 1. The van der Waals surface area contributed by atoms with Crippen molar-refractivity contribution in [3.05, 3.63) is 47.4 Å². The first-order valence-corrected chi connectivity index (χ1v) is 7.30. The highest BCUT2D eigenvalue weighted by atomic mass is 16.5. The number of nitrogens with zero attached hydrogens (tertiary/aromatic N) is 4. The number of hydrogen-bond donors (Lipinski definition) is 0. The maximum atomic E-state index is 5.05. The predicted molar refractivity (Wildman–Crippen MR) is 79.9 cm³/mol. The van der Waals surface area contributed by atoms with Crippen LogP contribution in [0.1, 0.15) is 36.0 Å². The Hall–Kier alpha value is -2.01. The van der Waals surface area contributed by atoms with E-state index in [4.69, 9.17) is 4.74 Å². The molecule has 0 saturated carbocycles. The number of methoxy groups -OCH3 is 1. The van der Waals surface area contributed by atoms with Crippen LogP contribution < -0.4 is 4.74 Å². The number of rotatable bonds is 4. The molecule has 0 N–H and O–H groups in total. The van der Waals surface area contributed by atoms with Crippen molar-refractivity contribution in [3.63, 3.8) is 0 Å². The summed E-state index contributed by atoms with van der Waals surface area (Å²) in [6, 6.07) is 10.5. The largest absolute Gasteiger partial charge is 0.480 e. The van der Waals surface area contributed by atoms with Crippen LogP contribution in [0.3, 0.4) is 0 Å². The average molecular weight is 284 g/mol. The van der Waals surface area contributed by atoms with Gasteiger partial charge in [0.05, 0.1) is 24.5 Å². The summed E-state index contributed by atoms with van der Waals surface area (Å²) >= 11 is 0. The minimum Gasteiger partial charge on any atom is -0.480 e. The highest BCUT2D eigenvalue weighted by molar-refractivity contribution is 5.16. The van der Waals surface area contributed by atoms with Gasteiger partial charge in [0.15, 0.2) is 0 Å². The summed E-state index contributed by atoms with van der Waals surface area (Å²) in [7, 11) is 1.60. The van der Waals surface area contributed by atoms with E-state index in [1.807, 2.05) is 25.1 Å². The van der Waals surface area contributed by atoms with E-state index in [1.165, 1.54) is 6.42 Å². The first kappa shape index (κ1) is 13.9. The van der Waals surface area contributed by atoms with Gasteiger partial charge < -0.3 is 4.74 Å². The van der Waals surface area contributed by atoms with Gasteiger partial charge in [-0.1, -0.05) is 6.07 Å². The third kappa shape index (κ3) is 3.19. The number of hydrogen-bond acceptors (Lipinski definition) is 5. The second-order valence-corrected chi connectivity index (χ2v) is 5.40. The van der Waals surface area contributed by atoms with Gasteiger partial charge in [0.25, 0.3) is 0 Å². The lowest BCUT2D eigenvalue weighted by Gasteiger charge is -2.23. The summed E-state index contributed by atoms with van der Waals surface area (Å²) < 4.78 is 5.05. The van der Waals surface area contributed by atoms with Crippen LogP contribution in [0, 0.1) is 6.92 Å². The molecule has 21 heavy (non-hydrogen) atoms. The number of pyridine rings is 1. The van der Waals surface area contributed by atoms with E-state index in [0.717, 1.165) is 36.6 Å². The molecular weight excluding hydrogens is 264 g/mol. The zero-order valence-corrected chi connectivity index (χ0v) is 12.5. The van der Waals surface area contributed by atoms with Gasteiger partial charge >= 0.3 is 0 Å². The summed E-state index contributed by atoms with van der Waals surface area (Å²) in [5.41, 5.74) is 3.20. The maximum Gasteiger partial charge on any atom is 0.233 e. The Morgan fingerprint density at radius 1 is 1.24 bits per heavy atom. The molecule has 1 saturated heterocycles. The van der Waals surface area contributed by atoms with Crippen LogP contribution in [0.15, 0.2) is 30.3 Å². The van der Waals surface area contributed by atoms with E-state index >= 15 is 0 Å². The first-order valence-electron chi connectivity index (χ1n) is 7.30. The molecule has 5 heteroatoms. The van der Waals surface area contributed by atoms with Crippen LogP contribution in [0.5, 0.6) is 5.88 Å². The summed E-state index contributed by atoms with van der Waals surface area (Å²) in [5.74, 6) is 0.553. The van der Waals surface area contributed by atoms with Crippen molar-refractivity contribution < 1.29 is 4.74 Å². The van der Waals surface area contributed by atoms with Gasteiger partial charge in [-0.15, -0.1) is 5.10 Å². The molecule has 0 spiro atoms. The minimum absolute atomic E-state index is 0.383. The van der Waals surface area contributed by atoms with Gasteiger partial charge in [0.2, 0.25) is 5.88 Å². The topological polar surface area (TPSA) is 51.1 Å². The van der Waals surface area contributed by atoms with E-state index in [1.54, 1.807) is 7.11 Å². The van der Waals surface area contributed by atoms with Crippen molar-refractivity contribution >= 4 is 0 Å². The molecule has 1 aliphatic heterocycles. The SMILES string of the molecule is COc1ccc(CN2CCCC2c2cccc(C)n2)nn1. The first-order chi connectivity index (χ1) is 10.3. The monoisotopic (exact) mass is 284 g/mol. The summed E-state index contributed by atoms with van der Waals surface area (Å²) in [6.45, 7) is 3.92. The van der Waals surface area contributed by atoms with E-state index in [-0.39, 0.29) is 0 Å². The van der Waals surface area contributed by atoms with Crippen molar-refractivity contribution in [1.29, 1.82) is 0 Å². The van der Waals surface area contributed by atoms with Gasteiger partial charge in [-0.3, -0.25) is 9.88 Å². The molecule has 0 aromatic carbocycles. The Kier molecular flexibility index (Phi) is 4.10. The van der Waals surface area contributed by atoms with E-state index in [0.29, 0.717) is 11.9 Å². The van der Waals surface area contributed by atoms with Crippen LogP contribution >= 0.6 is 0 Å². The van der Waals surface area contributed by atoms with Gasteiger partial charge in [-0.25, -0.2) is 0 Å². The molecule has 0 amide bonds. The quantitative estimate of drug-likeness (QED) is 0.863. The van der Waals surface area contributed by atoms with Crippen LogP contribution in [0.2, 0.25) is 0 Å². The molecule has 0 radical (unpaired) electrons. The molecule has 2 aromatic heterocycles. The van der Waals surface area contributed by atoms with Crippen LogP contribution in [-0.2, 0) is 6.54 Å². The lowest BCUT2D eigenvalue weighted by Crippen LogP contribution is -2.24. The second kappa shape index (κ2) is 6.18. The molecule has 3 heterocycles. The van der Waals surface area contributed by atoms with Crippen molar-refractivity contribution in [1.82, 2.24) is 20.1 Å². The molecule has 1 unspecified atom stereocenters. The fraction of sp³-hybridized carbons (Fsp3) is 0.438. The Labute approximate surface area is 125 Å². The van der Waals surface area contributed by atoms with Gasteiger partial charge in [-0.2, -0.15) is 5.10 Å². The number of likely N-dealkylation sites (tertiary alicyclic amines) is 1. The Morgan fingerprint density at radius 2 is 2.14 bits per heavy atom. The molecule has 3 rings (SSSR count). The van der Waals surface area contributed by atoms with Crippen LogP contribution in [-0.4, -0.2) is 33.7 Å². The second-order valence-electron chi connectivity index (χ2n) is 5.40. The van der Waals surface area contributed by atoms with E-state index in [2.05, 4.69) is 32.2 Å². The fourth-order valence-electron chi connectivity index (χ4n) is 2.85. The lowest BCUT2D eigenvalue weighted by molar-refractivity contribution is 0.240. The van der Waals surface area contributed by atoms with Crippen molar-refractivity contribution in [2.45, 2.75) is 32.4 Å². The lowest BCUT2D eigenvalue weighted by atomic mass is 10.1. The summed E-state index contributed by atoms with van der Waals surface area (Å²) in [5, 5.41) is 8.26. The fourth-order valence-corrected chi connectivity index (χ4v) is 2.85. The molecule has 1 fully saturated rings. The molecular formula is C16H20N4O. The molecule has 0 bridgehead atoms.